The van der Waals surface area contributed by atoms with Crippen LogP contribution in [-0.4, -0.2) is 22.8 Å². The molecule has 0 radical (unpaired) electrons. The van der Waals surface area contributed by atoms with Gasteiger partial charge < -0.3 is 4.74 Å². The van der Waals surface area contributed by atoms with E-state index in [1.165, 1.54) is 0 Å². The molecule has 0 amide bonds. The van der Waals surface area contributed by atoms with Crippen LogP contribution in [0.5, 0.6) is 0 Å². The summed E-state index contributed by atoms with van der Waals surface area (Å²) in [6, 6.07) is 0. The second kappa shape index (κ2) is 7.18. The summed E-state index contributed by atoms with van der Waals surface area (Å²) in [7, 11) is 0. The molecule has 3 atom stereocenters. The summed E-state index contributed by atoms with van der Waals surface area (Å²) < 4.78 is 6.09. The number of hydrogen-bond acceptors (Lipinski definition) is 4. The highest BCUT2D eigenvalue weighted by Gasteiger charge is 2.70. The Bertz CT molecular complexity index is 706. The number of carbonyl (C=O) groups excluding carboxylic acids is 1. The summed E-state index contributed by atoms with van der Waals surface area (Å²) in [6.45, 7) is 22.0. The van der Waals surface area contributed by atoms with Gasteiger partial charge in [0.25, 0.3) is 0 Å². The minimum atomic E-state index is -0.837. The lowest BCUT2D eigenvalue weighted by atomic mass is 9.64. The number of ether oxygens (including phenoxy) is 1. The number of fused-ring (bicyclic) bond motifs is 2. The molecule has 4 heteroatoms. The molecule has 0 aromatic rings. The van der Waals surface area contributed by atoms with Crippen LogP contribution < -0.4 is 0 Å². The lowest BCUT2D eigenvalue weighted by Crippen LogP contribution is -2.50. The van der Waals surface area contributed by atoms with E-state index in [9.17, 15) is 4.79 Å². The summed E-state index contributed by atoms with van der Waals surface area (Å²) in [6.07, 6.45) is 3.71. The van der Waals surface area contributed by atoms with E-state index >= 15 is 0 Å². The molecule has 158 valence electrons. The van der Waals surface area contributed by atoms with Gasteiger partial charge in [0.1, 0.15) is 0 Å². The Kier molecular flexibility index (Phi) is 5.89. The second-order valence-electron chi connectivity index (χ2n) is 10.5. The van der Waals surface area contributed by atoms with Crippen LogP contribution in [0.1, 0.15) is 88.0 Å². The van der Waals surface area contributed by atoms with E-state index < -0.39 is 11.2 Å². The molecule has 0 aromatic heterocycles. The van der Waals surface area contributed by atoms with Crippen LogP contribution in [0.15, 0.2) is 12.2 Å². The fraction of sp³-hybridized carbons (Fsp3) is 0.792. The molecule has 0 saturated heterocycles. The van der Waals surface area contributed by atoms with Crippen molar-refractivity contribution in [3.63, 3.8) is 0 Å². The van der Waals surface area contributed by atoms with Gasteiger partial charge in [-0.15, -0.1) is 0 Å². The smallest absolute Gasteiger partial charge is 0.334 e. The maximum atomic E-state index is 12.5. The molecule has 28 heavy (non-hydrogen) atoms. The third-order valence-electron chi connectivity index (χ3n) is 7.37. The van der Waals surface area contributed by atoms with Gasteiger partial charge in [-0.1, -0.05) is 46.1 Å². The van der Waals surface area contributed by atoms with Gasteiger partial charge in [-0.3, -0.25) is 0 Å². The topological polar surface area (TPSA) is 44.8 Å². The van der Waals surface area contributed by atoms with Crippen LogP contribution in [0.25, 0.3) is 0 Å². The summed E-state index contributed by atoms with van der Waals surface area (Å²) in [5.74, 6) is 6.69. The standard InChI is InChI=1S/C24H38O4/c1-11-20(4,5)27-28-21(6,7)14-15-24(26-19(25)17(2)3)16-18-12-13-23(24,10)22(18,8)9/h18H,2,11-13,16H2,1,3-10H3/t18?,23?,24-/m1/s1. The Morgan fingerprint density at radius 2 is 1.79 bits per heavy atom. The lowest BCUT2D eigenvalue weighted by Gasteiger charge is -2.44. The van der Waals surface area contributed by atoms with Crippen molar-refractivity contribution in [1.82, 2.24) is 0 Å². The Labute approximate surface area is 171 Å². The first-order chi connectivity index (χ1) is 12.6. The van der Waals surface area contributed by atoms with Crippen molar-refractivity contribution < 1.29 is 19.3 Å². The highest BCUT2D eigenvalue weighted by molar-refractivity contribution is 5.87. The normalized spacial score (nSPS) is 31.2. The molecule has 2 unspecified atom stereocenters. The SMILES string of the molecule is C=C(C)C(=O)O[C@]1(C#CC(C)(C)OOC(C)(C)CC)CC2CCC1(C)C2(C)C. The molecule has 4 nitrogen and oxygen atoms in total. The minimum Gasteiger partial charge on any atom is -0.442 e. The van der Waals surface area contributed by atoms with E-state index in [-0.39, 0.29) is 22.4 Å². The van der Waals surface area contributed by atoms with E-state index in [0.29, 0.717) is 11.5 Å². The van der Waals surface area contributed by atoms with Crippen molar-refractivity contribution in [3.8, 4) is 11.8 Å². The minimum absolute atomic E-state index is 0.0444. The quantitative estimate of drug-likeness (QED) is 0.194. The molecule has 0 N–H and O–H groups in total. The number of rotatable bonds is 6. The zero-order valence-corrected chi connectivity index (χ0v) is 19.2. The summed E-state index contributed by atoms with van der Waals surface area (Å²) in [5.41, 5.74) is -1.82. The zero-order chi connectivity index (χ0) is 21.6. The molecule has 0 spiro atoms. The van der Waals surface area contributed by atoms with E-state index in [1.54, 1.807) is 6.92 Å². The molecule has 0 aliphatic heterocycles. The zero-order valence-electron chi connectivity index (χ0n) is 19.2. The lowest BCUT2D eigenvalue weighted by molar-refractivity contribution is -0.388. The van der Waals surface area contributed by atoms with Crippen molar-refractivity contribution in [2.75, 3.05) is 0 Å². The fourth-order valence-corrected chi connectivity index (χ4v) is 4.41. The Morgan fingerprint density at radius 1 is 1.18 bits per heavy atom. The van der Waals surface area contributed by atoms with Crippen molar-refractivity contribution >= 4 is 5.97 Å². The number of hydrogen-bond donors (Lipinski definition) is 0. The Hall–Kier alpha value is -1.31. The molecule has 2 aliphatic rings. The monoisotopic (exact) mass is 390 g/mol. The van der Waals surface area contributed by atoms with Crippen molar-refractivity contribution in [1.29, 1.82) is 0 Å². The third-order valence-corrected chi connectivity index (χ3v) is 7.37. The van der Waals surface area contributed by atoms with Gasteiger partial charge in [0, 0.05) is 17.4 Å². The maximum Gasteiger partial charge on any atom is 0.334 e. The highest BCUT2D eigenvalue weighted by atomic mass is 17.2. The molecule has 2 fully saturated rings. The molecule has 2 bridgehead atoms. The van der Waals surface area contributed by atoms with Crippen LogP contribution in [-0.2, 0) is 19.3 Å². The fourth-order valence-electron chi connectivity index (χ4n) is 4.41. The predicted molar refractivity (Wildman–Crippen MR) is 111 cm³/mol. The van der Waals surface area contributed by atoms with Gasteiger partial charge in [0.15, 0.2) is 11.2 Å². The van der Waals surface area contributed by atoms with Crippen LogP contribution in [0.3, 0.4) is 0 Å². The van der Waals surface area contributed by atoms with Crippen LogP contribution in [0, 0.1) is 28.6 Å². The molecular formula is C24H38O4. The van der Waals surface area contributed by atoms with Crippen molar-refractivity contribution in [3.05, 3.63) is 12.2 Å². The van der Waals surface area contributed by atoms with E-state index in [2.05, 4.69) is 39.2 Å². The molecule has 0 heterocycles. The van der Waals surface area contributed by atoms with Crippen molar-refractivity contribution in [2.24, 2.45) is 16.7 Å². The van der Waals surface area contributed by atoms with Gasteiger partial charge in [0.2, 0.25) is 0 Å². The second-order valence-corrected chi connectivity index (χ2v) is 10.5. The molecule has 2 saturated carbocycles. The molecule has 2 aliphatic carbocycles. The maximum absolute atomic E-state index is 12.5. The molecule has 0 aromatic carbocycles. The van der Waals surface area contributed by atoms with Crippen LogP contribution in [0.2, 0.25) is 0 Å². The van der Waals surface area contributed by atoms with Gasteiger partial charge >= 0.3 is 5.97 Å². The summed E-state index contributed by atoms with van der Waals surface area (Å²) in [5, 5.41) is 0. The van der Waals surface area contributed by atoms with Gasteiger partial charge in [-0.05, 0) is 65.2 Å². The third kappa shape index (κ3) is 3.89. The average molecular weight is 391 g/mol. The van der Waals surface area contributed by atoms with E-state index in [4.69, 9.17) is 14.5 Å². The van der Waals surface area contributed by atoms with E-state index in [0.717, 1.165) is 25.7 Å². The largest absolute Gasteiger partial charge is 0.442 e. The van der Waals surface area contributed by atoms with Crippen molar-refractivity contribution in [2.45, 2.75) is 105 Å². The summed E-state index contributed by atoms with van der Waals surface area (Å²) >= 11 is 0. The first-order valence-corrected chi connectivity index (χ1v) is 10.4. The highest BCUT2D eigenvalue weighted by Crippen LogP contribution is 2.70. The Morgan fingerprint density at radius 3 is 2.21 bits per heavy atom. The predicted octanol–water partition coefficient (Wildman–Crippen LogP) is 5.61. The van der Waals surface area contributed by atoms with Crippen LogP contribution in [0.4, 0.5) is 0 Å². The average Bonchev–Trinajstić information content (AvgIpc) is 2.91. The molecular weight excluding hydrogens is 352 g/mol. The number of esters is 1. The molecule has 2 rings (SSSR count). The number of carbonyl (C=O) groups is 1. The summed E-state index contributed by atoms with van der Waals surface area (Å²) in [4.78, 5) is 23.8. The first-order valence-electron chi connectivity index (χ1n) is 10.4. The van der Waals surface area contributed by atoms with Gasteiger partial charge in [-0.2, -0.15) is 0 Å². The van der Waals surface area contributed by atoms with Crippen LogP contribution >= 0.6 is 0 Å². The van der Waals surface area contributed by atoms with Gasteiger partial charge in [0.05, 0.1) is 5.60 Å². The van der Waals surface area contributed by atoms with Gasteiger partial charge in [-0.25, -0.2) is 14.6 Å². The first kappa shape index (κ1) is 23.0. The van der Waals surface area contributed by atoms with E-state index in [1.807, 2.05) is 34.6 Å². The Balaban J connectivity index is 2.38.